The predicted octanol–water partition coefficient (Wildman–Crippen LogP) is 1.58. The summed E-state index contributed by atoms with van der Waals surface area (Å²) in [6.07, 6.45) is 3.34. The number of carbonyl (C=O) groups excluding carboxylic acids is 1. The number of nitrogens with one attached hydrogen (secondary N) is 1. The summed E-state index contributed by atoms with van der Waals surface area (Å²) in [5.74, 6) is 0.439. The van der Waals surface area contributed by atoms with Crippen LogP contribution >= 0.6 is 0 Å². The van der Waals surface area contributed by atoms with Crippen molar-refractivity contribution in [3.63, 3.8) is 0 Å². The SMILES string of the molecule is CCN1CCCC[C@@H](NC(=O)c2cc3nnn(C)c3cc2OC)C1. The molecule has 2 heterocycles. The fourth-order valence-electron chi connectivity index (χ4n) is 3.30. The number of likely N-dealkylation sites (tertiary alicyclic amines) is 1. The molecule has 24 heavy (non-hydrogen) atoms. The van der Waals surface area contributed by atoms with Crippen molar-refractivity contribution in [3.8, 4) is 5.75 Å². The molecular formula is C17H25N5O2. The molecule has 0 saturated carbocycles. The number of fused-ring (bicyclic) bond motifs is 1. The van der Waals surface area contributed by atoms with E-state index in [9.17, 15) is 4.79 Å². The van der Waals surface area contributed by atoms with Gasteiger partial charge in [0, 0.05) is 25.7 Å². The molecule has 7 heteroatoms. The molecule has 0 spiro atoms. The Kier molecular flexibility index (Phi) is 4.99. The van der Waals surface area contributed by atoms with E-state index in [-0.39, 0.29) is 11.9 Å². The van der Waals surface area contributed by atoms with Crippen molar-refractivity contribution in [1.29, 1.82) is 0 Å². The van der Waals surface area contributed by atoms with Gasteiger partial charge in [-0.2, -0.15) is 0 Å². The molecule has 0 unspecified atom stereocenters. The van der Waals surface area contributed by atoms with Crippen molar-refractivity contribution in [2.75, 3.05) is 26.7 Å². The van der Waals surface area contributed by atoms with Gasteiger partial charge in [0.25, 0.3) is 5.91 Å². The van der Waals surface area contributed by atoms with E-state index in [0.717, 1.165) is 38.0 Å². The third kappa shape index (κ3) is 3.36. The molecule has 1 fully saturated rings. The highest BCUT2D eigenvalue weighted by Crippen LogP contribution is 2.25. The summed E-state index contributed by atoms with van der Waals surface area (Å²) < 4.78 is 7.09. The first kappa shape index (κ1) is 16.7. The molecule has 3 rings (SSSR count). The molecule has 0 aliphatic carbocycles. The zero-order valence-corrected chi connectivity index (χ0v) is 14.6. The molecule has 1 aliphatic heterocycles. The van der Waals surface area contributed by atoms with E-state index in [1.807, 2.05) is 13.1 Å². The maximum Gasteiger partial charge on any atom is 0.255 e. The lowest BCUT2D eigenvalue weighted by Gasteiger charge is -2.23. The average molecular weight is 331 g/mol. The van der Waals surface area contributed by atoms with Crippen LogP contribution in [0.4, 0.5) is 0 Å². The van der Waals surface area contributed by atoms with Crippen LogP contribution in [0.2, 0.25) is 0 Å². The number of amides is 1. The molecule has 1 saturated heterocycles. The van der Waals surface area contributed by atoms with Gasteiger partial charge >= 0.3 is 0 Å². The minimum Gasteiger partial charge on any atom is -0.496 e. The number of hydrogen-bond acceptors (Lipinski definition) is 5. The summed E-state index contributed by atoms with van der Waals surface area (Å²) in [6.45, 7) is 5.19. The van der Waals surface area contributed by atoms with E-state index >= 15 is 0 Å². The first-order valence-electron chi connectivity index (χ1n) is 8.53. The van der Waals surface area contributed by atoms with Gasteiger partial charge in [-0.15, -0.1) is 5.10 Å². The maximum absolute atomic E-state index is 12.8. The lowest BCUT2D eigenvalue weighted by molar-refractivity contribution is 0.0924. The van der Waals surface area contributed by atoms with Crippen molar-refractivity contribution < 1.29 is 9.53 Å². The van der Waals surface area contributed by atoms with Gasteiger partial charge in [-0.1, -0.05) is 18.6 Å². The molecule has 0 bridgehead atoms. The third-order valence-electron chi connectivity index (χ3n) is 4.71. The Labute approximate surface area is 142 Å². The fraction of sp³-hybridized carbons (Fsp3) is 0.588. The highest BCUT2D eigenvalue weighted by atomic mass is 16.5. The van der Waals surface area contributed by atoms with Crippen LogP contribution in [-0.2, 0) is 7.05 Å². The van der Waals surface area contributed by atoms with Crippen molar-refractivity contribution >= 4 is 16.9 Å². The molecule has 0 radical (unpaired) electrons. The molecule has 1 aromatic carbocycles. The Balaban J connectivity index is 1.82. The van der Waals surface area contributed by atoms with Crippen molar-refractivity contribution in [2.45, 2.75) is 32.2 Å². The zero-order chi connectivity index (χ0) is 17.1. The largest absolute Gasteiger partial charge is 0.496 e. The number of methoxy groups -OCH3 is 1. The first-order valence-corrected chi connectivity index (χ1v) is 8.53. The van der Waals surface area contributed by atoms with Crippen LogP contribution in [0.1, 0.15) is 36.5 Å². The summed E-state index contributed by atoms with van der Waals surface area (Å²) in [5, 5.41) is 11.3. The molecule has 1 aromatic heterocycles. The Hall–Kier alpha value is -2.15. The molecule has 1 N–H and O–H groups in total. The third-order valence-corrected chi connectivity index (χ3v) is 4.71. The molecular weight excluding hydrogens is 306 g/mol. The van der Waals surface area contributed by atoms with Gasteiger partial charge in [-0.25, -0.2) is 4.68 Å². The molecule has 1 aliphatic rings. The maximum atomic E-state index is 12.8. The summed E-state index contributed by atoms with van der Waals surface area (Å²) in [5.41, 5.74) is 2.05. The second-order valence-corrected chi connectivity index (χ2v) is 6.31. The summed E-state index contributed by atoms with van der Waals surface area (Å²) in [6, 6.07) is 3.74. The van der Waals surface area contributed by atoms with Crippen molar-refractivity contribution in [2.24, 2.45) is 7.05 Å². The minimum atomic E-state index is -0.109. The van der Waals surface area contributed by atoms with E-state index < -0.39 is 0 Å². The van der Waals surface area contributed by atoms with Gasteiger partial charge in [0.05, 0.1) is 18.2 Å². The number of aromatic nitrogens is 3. The number of hydrogen-bond donors (Lipinski definition) is 1. The number of nitrogens with zero attached hydrogens (tertiary/aromatic N) is 4. The van der Waals surface area contributed by atoms with E-state index in [1.54, 1.807) is 17.9 Å². The van der Waals surface area contributed by atoms with Crippen LogP contribution in [-0.4, -0.2) is 58.6 Å². The second kappa shape index (κ2) is 7.17. The normalized spacial score (nSPS) is 19.2. The van der Waals surface area contributed by atoms with Gasteiger partial charge < -0.3 is 15.0 Å². The second-order valence-electron chi connectivity index (χ2n) is 6.31. The van der Waals surface area contributed by atoms with Gasteiger partial charge in [-0.05, 0) is 32.0 Å². The van der Waals surface area contributed by atoms with E-state index in [2.05, 4.69) is 27.5 Å². The van der Waals surface area contributed by atoms with E-state index in [1.165, 1.54) is 6.42 Å². The number of carbonyl (C=O) groups is 1. The first-order chi connectivity index (χ1) is 11.6. The quantitative estimate of drug-likeness (QED) is 0.921. The lowest BCUT2D eigenvalue weighted by atomic mass is 10.1. The number of aryl methyl sites for hydroxylation is 1. The Bertz CT molecular complexity index is 727. The number of ether oxygens (including phenoxy) is 1. The van der Waals surface area contributed by atoms with Gasteiger partial charge in [0.2, 0.25) is 0 Å². The van der Waals surface area contributed by atoms with Gasteiger partial charge in [-0.3, -0.25) is 4.79 Å². The summed E-state index contributed by atoms with van der Waals surface area (Å²) in [4.78, 5) is 15.2. The topological polar surface area (TPSA) is 72.3 Å². The van der Waals surface area contributed by atoms with E-state index in [0.29, 0.717) is 16.8 Å². The molecule has 7 nitrogen and oxygen atoms in total. The smallest absolute Gasteiger partial charge is 0.255 e. The number of likely N-dealkylation sites (N-methyl/N-ethyl adjacent to an activating group) is 1. The Morgan fingerprint density at radius 3 is 3.00 bits per heavy atom. The van der Waals surface area contributed by atoms with E-state index in [4.69, 9.17) is 4.74 Å². The summed E-state index contributed by atoms with van der Waals surface area (Å²) in [7, 11) is 3.39. The van der Waals surface area contributed by atoms with Crippen LogP contribution in [0, 0.1) is 0 Å². The molecule has 1 amide bonds. The van der Waals surface area contributed by atoms with Crippen LogP contribution in [0.3, 0.4) is 0 Å². The molecule has 2 aromatic rings. The summed E-state index contributed by atoms with van der Waals surface area (Å²) >= 11 is 0. The Morgan fingerprint density at radius 1 is 1.42 bits per heavy atom. The fourth-order valence-corrected chi connectivity index (χ4v) is 3.30. The van der Waals surface area contributed by atoms with Crippen molar-refractivity contribution in [1.82, 2.24) is 25.2 Å². The predicted molar refractivity (Wildman–Crippen MR) is 92.3 cm³/mol. The molecule has 130 valence electrons. The average Bonchev–Trinajstić information content (AvgIpc) is 2.81. The molecule has 1 atom stereocenters. The van der Waals surface area contributed by atoms with Crippen LogP contribution in [0.25, 0.3) is 11.0 Å². The standard InChI is InChI=1S/C17H25N5O2/c1-4-22-8-6-5-7-12(11-22)18-17(23)13-9-14-15(10-16(13)24-3)21(2)20-19-14/h9-10,12H,4-8,11H2,1-3H3,(H,18,23)/t12-/m1/s1. The van der Waals surface area contributed by atoms with Crippen LogP contribution in [0.5, 0.6) is 5.75 Å². The van der Waals surface area contributed by atoms with Gasteiger partial charge in [0.1, 0.15) is 11.3 Å². The zero-order valence-electron chi connectivity index (χ0n) is 14.6. The number of rotatable bonds is 4. The van der Waals surface area contributed by atoms with Gasteiger partial charge in [0.15, 0.2) is 0 Å². The van der Waals surface area contributed by atoms with Crippen molar-refractivity contribution in [3.05, 3.63) is 17.7 Å². The lowest BCUT2D eigenvalue weighted by Crippen LogP contribution is -2.42. The highest BCUT2D eigenvalue weighted by molar-refractivity contribution is 6.00. The monoisotopic (exact) mass is 331 g/mol. The minimum absolute atomic E-state index is 0.109. The highest BCUT2D eigenvalue weighted by Gasteiger charge is 2.22. The number of benzene rings is 1. The van der Waals surface area contributed by atoms with Crippen LogP contribution in [0.15, 0.2) is 12.1 Å². The Morgan fingerprint density at radius 2 is 2.25 bits per heavy atom. The van der Waals surface area contributed by atoms with Crippen LogP contribution < -0.4 is 10.1 Å².